The molecule has 2 aromatic rings. The summed E-state index contributed by atoms with van der Waals surface area (Å²) in [6, 6.07) is 18.0. The number of nitrogens with zero attached hydrogens (tertiary/aromatic N) is 1. The van der Waals surface area contributed by atoms with Gasteiger partial charge in [-0.25, -0.2) is 0 Å². The van der Waals surface area contributed by atoms with Gasteiger partial charge in [0.2, 0.25) is 11.8 Å². The SMILES string of the molecule is Cc1ccc(CCC(=O)N(CCC(N)=O)Cc2ccccc2)cc1. The number of hydrogen-bond acceptors (Lipinski definition) is 2. The van der Waals surface area contributed by atoms with Crippen LogP contribution in [0.15, 0.2) is 54.6 Å². The van der Waals surface area contributed by atoms with E-state index in [0.29, 0.717) is 25.9 Å². The predicted molar refractivity (Wildman–Crippen MR) is 95.2 cm³/mol. The van der Waals surface area contributed by atoms with Crippen LogP contribution in [0.25, 0.3) is 0 Å². The minimum absolute atomic E-state index is 0.0423. The standard InChI is InChI=1S/C20H24N2O2/c1-16-7-9-17(10-8-16)11-12-20(24)22(14-13-19(21)23)15-18-5-3-2-4-6-18/h2-10H,11-15H2,1H3,(H2,21,23). The zero-order chi connectivity index (χ0) is 17.4. The second-order valence-corrected chi connectivity index (χ2v) is 6.00. The molecule has 2 aromatic carbocycles. The smallest absolute Gasteiger partial charge is 0.223 e. The maximum Gasteiger partial charge on any atom is 0.223 e. The molecular weight excluding hydrogens is 300 g/mol. The molecule has 0 radical (unpaired) electrons. The van der Waals surface area contributed by atoms with Gasteiger partial charge in [-0.3, -0.25) is 9.59 Å². The van der Waals surface area contributed by atoms with Crippen molar-refractivity contribution in [2.75, 3.05) is 6.54 Å². The van der Waals surface area contributed by atoms with Crippen molar-refractivity contribution < 1.29 is 9.59 Å². The normalized spacial score (nSPS) is 10.4. The van der Waals surface area contributed by atoms with Crippen LogP contribution in [-0.4, -0.2) is 23.3 Å². The van der Waals surface area contributed by atoms with Crippen molar-refractivity contribution >= 4 is 11.8 Å². The summed E-state index contributed by atoms with van der Waals surface area (Å²) in [5.41, 5.74) is 8.63. The number of benzene rings is 2. The summed E-state index contributed by atoms with van der Waals surface area (Å²) in [6.45, 7) is 2.90. The molecule has 0 spiro atoms. The zero-order valence-electron chi connectivity index (χ0n) is 14.1. The maximum atomic E-state index is 12.6. The van der Waals surface area contributed by atoms with Crippen LogP contribution < -0.4 is 5.73 Å². The fraction of sp³-hybridized carbons (Fsp3) is 0.300. The second-order valence-electron chi connectivity index (χ2n) is 6.00. The number of rotatable bonds is 8. The molecule has 4 heteroatoms. The van der Waals surface area contributed by atoms with Gasteiger partial charge in [0.25, 0.3) is 0 Å². The third-order valence-corrected chi connectivity index (χ3v) is 3.95. The van der Waals surface area contributed by atoms with Crippen LogP contribution in [0.1, 0.15) is 29.5 Å². The van der Waals surface area contributed by atoms with Gasteiger partial charge in [0, 0.05) is 25.9 Å². The highest BCUT2D eigenvalue weighted by atomic mass is 16.2. The van der Waals surface area contributed by atoms with Gasteiger partial charge < -0.3 is 10.6 Å². The van der Waals surface area contributed by atoms with Crippen molar-refractivity contribution in [3.63, 3.8) is 0 Å². The highest BCUT2D eigenvalue weighted by molar-refractivity contribution is 5.78. The first kappa shape index (κ1) is 17.7. The third-order valence-electron chi connectivity index (χ3n) is 3.95. The number of primary amides is 1. The predicted octanol–water partition coefficient (Wildman–Crippen LogP) is 2.83. The molecule has 2 N–H and O–H groups in total. The van der Waals surface area contributed by atoms with E-state index in [9.17, 15) is 9.59 Å². The highest BCUT2D eigenvalue weighted by Crippen LogP contribution is 2.10. The van der Waals surface area contributed by atoms with Crippen LogP contribution in [0.4, 0.5) is 0 Å². The average Bonchev–Trinajstić information content (AvgIpc) is 2.58. The number of nitrogens with two attached hydrogens (primary N) is 1. The fourth-order valence-electron chi connectivity index (χ4n) is 2.51. The van der Waals surface area contributed by atoms with Crippen molar-refractivity contribution in [1.82, 2.24) is 4.90 Å². The van der Waals surface area contributed by atoms with Crippen molar-refractivity contribution in [3.05, 3.63) is 71.3 Å². The van der Waals surface area contributed by atoms with Gasteiger partial charge in [-0.1, -0.05) is 60.2 Å². The van der Waals surface area contributed by atoms with Gasteiger partial charge in [0.05, 0.1) is 0 Å². The van der Waals surface area contributed by atoms with Crippen LogP contribution in [0.2, 0.25) is 0 Å². The molecule has 0 fully saturated rings. The van der Waals surface area contributed by atoms with E-state index in [0.717, 1.165) is 11.1 Å². The number of hydrogen-bond donors (Lipinski definition) is 1. The van der Waals surface area contributed by atoms with Gasteiger partial charge in [-0.05, 0) is 24.5 Å². The molecule has 0 saturated carbocycles. The van der Waals surface area contributed by atoms with Gasteiger partial charge >= 0.3 is 0 Å². The monoisotopic (exact) mass is 324 g/mol. The molecule has 0 saturated heterocycles. The summed E-state index contributed by atoms with van der Waals surface area (Å²) < 4.78 is 0. The summed E-state index contributed by atoms with van der Waals surface area (Å²) in [4.78, 5) is 25.4. The van der Waals surface area contributed by atoms with E-state index in [-0.39, 0.29) is 18.2 Å². The molecule has 2 rings (SSSR count). The maximum absolute atomic E-state index is 12.6. The van der Waals surface area contributed by atoms with Crippen LogP contribution in [0.5, 0.6) is 0 Å². The van der Waals surface area contributed by atoms with Crippen LogP contribution in [0, 0.1) is 6.92 Å². The molecule has 0 aliphatic heterocycles. The molecule has 0 aromatic heterocycles. The lowest BCUT2D eigenvalue weighted by molar-refractivity contribution is -0.132. The Labute approximate surface area is 143 Å². The Morgan fingerprint density at radius 1 is 0.917 bits per heavy atom. The first-order valence-corrected chi connectivity index (χ1v) is 8.20. The number of carbonyl (C=O) groups excluding carboxylic acids is 2. The van der Waals surface area contributed by atoms with Crippen molar-refractivity contribution in [3.8, 4) is 0 Å². The molecule has 2 amide bonds. The Bertz CT molecular complexity index is 666. The third kappa shape index (κ3) is 5.88. The van der Waals surface area contributed by atoms with Gasteiger partial charge in [0.15, 0.2) is 0 Å². The summed E-state index contributed by atoms with van der Waals surface area (Å²) >= 11 is 0. The second kappa shape index (κ2) is 8.87. The summed E-state index contributed by atoms with van der Waals surface area (Å²) in [7, 11) is 0. The lowest BCUT2D eigenvalue weighted by Gasteiger charge is -2.22. The van der Waals surface area contributed by atoms with Crippen molar-refractivity contribution in [1.29, 1.82) is 0 Å². The van der Waals surface area contributed by atoms with Gasteiger partial charge in [-0.2, -0.15) is 0 Å². The molecule has 0 aliphatic rings. The van der Waals surface area contributed by atoms with Crippen molar-refractivity contribution in [2.45, 2.75) is 32.7 Å². The quantitative estimate of drug-likeness (QED) is 0.811. The number of amides is 2. The first-order valence-electron chi connectivity index (χ1n) is 8.20. The minimum atomic E-state index is -0.389. The van der Waals surface area contributed by atoms with Crippen LogP contribution >= 0.6 is 0 Å². The minimum Gasteiger partial charge on any atom is -0.370 e. The molecule has 24 heavy (non-hydrogen) atoms. The fourth-order valence-corrected chi connectivity index (χ4v) is 2.51. The van der Waals surface area contributed by atoms with E-state index in [1.165, 1.54) is 5.56 Å². The van der Waals surface area contributed by atoms with Crippen LogP contribution in [0.3, 0.4) is 0 Å². The Morgan fingerprint density at radius 3 is 2.21 bits per heavy atom. The lowest BCUT2D eigenvalue weighted by Crippen LogP contribution is -2.33. The molecule has 0 atom stereocenters. The van der Waals surface area contributed by atoms with Gasteiger partial charge in [-0.15, -0.1) is 0 Å². The molecule has 0 bridgehead atoms. The van der Waals surface area contributed by atoms with E-state index in [1.807, 2.05) is 49.4 Å². The Kier molecular flexibility index (Phi) is 6.55. The Hall–Kier alpha value is -2.62. The lowest BCUT2D eigenvalue weighted by atomic mass is 10.1. The van der Waals surface area contributed by atoms with E-state index in [2.05, 4.69) is 12.1 Å². The molecule has 0 aliphatic carbocycles. The van der Waals surface area contributed by atoms with Gasteiger partial charge in [0.1, 0.15) is 0 Å². The van der Waals surface area contributed by atoms with Crippen molar-refractivity contribution in [2.24, 2.45) is 5.73 Å². The zero-order valence-corrected chi connectivity index (χ0v) is 14.1. The van der Waals surface area contributed by atoms with E-state index in [4.69, 9.17) is 5.73 Å². The number of carbonyl (C=O) groups is 2. The Balaban J connectivity index is 1.97. The average molecular weight is 324 g/mol. The summed E-state index contributed by atoms with van der Waals surface area (Å²) in [6.07, 6.45) is 1.30. The molecule has 0 unspecified atom stereocenters. The largest absolute Gasteiger partial charge is 0.370 e. The van der Waals surface area contributed by atoms with E-state index < -0.39 is 0 Å². The van der Waals surface area contributed by atoms with E-state index in [1.54, 1.807) is 4.90 Å². The summed E-state index contributed by atoms with van der Waals surface area (Å²) in [5.74, 6) is -0.347. The first-order chi connectivity index (χ1) is 11.5. The van der Waals surface area contributed by atoms with E-state index >= 15 is 0 Å². The topological polar surface area (TPSA) is 63.4 Å². The molecular formula is C20H24N2O2. The molecule has 126 valence electrons. The molecule has 4 nitrogen and oxygen atoms in total. The Morgan fingerprint density at radius 2 is 1.58 bits per heavy atom. The summed E-state index contributed by atoms with van der Waals surface area (Å²) in [5, 5.41) is 0. The van der Waals surface area contributed by atoms with Crippen LogP contribution in [-0.2, 0) is 22.6 Å². The molecule has 0 heterocycles. The highest BCUT2D eigenvalue weighted by Gasteiger charge is 2.15. The number of aryl methyl sites for hydroxylation is 2.